The van der Waals surface area contributed by atoms with E-state index in [4.69, 9.17) is 11.6 Å². The Hall–Kier alpha value is -2.60. The summed E-state index contributed by atoms with van der Waals surface area (Å²) < 4.78 is 17.5. The van der Waals surface area contributed by atoms with Gasteiger partial charge in [-0.2, -0.15) is 0 Å². The van der Waals surface area contributed by atoms with Crippen LogP contribution < -0.4 is 10.6 Å². The Morgan fingerprint density at radius 2 is 1.85 bits per heavy atom. The van der Waals surface area contributed by atoms with E-state index in [2.05, 4.69) is 15.4 Å². The number of esters is 1. The third-order valence-electron chi connectivity index (χ3n) is 3.70. The number of carbonyl (C=O) groups excluding carboxylic acids is 2. The summed E-state index contributed by atoms with van der Waals surface area (Å²) in [5.41, 5.74) is 1.90. The van der Waals surface area contributed by atoms with Gasteiger partial charge < -0.3 is 15.4 Å². The van der Waals surface area contributed by atoms with E-state index in [0.717, 1.165) is 5.56 Å². The summed E-state index contributed by atoms with van der Waals surface area (Å²) in [6.07, 6.45) is 0.884. The molecule has 0 unspecified atom stereocenters. The molecule has 0 heterocycles. The summed E-state index contributed by atoms with van der Waals surface area (Å²) >= 11 is 6.08. The lowest BCUT2D eigenvalue weighted by Crippen LogP contribution is -2.27. The maximum atomic E-state index is 12.8. The third kappa shape index (κ3) is 6.04. The summed E-state index contributed by atoms with van der Waals surface area (Å²) in [5.74, 6) is -0.845. The number of ether oxygens (including phenoxy) is 1. The topological polar surface area (TPSA) is 67.4 Å². The number of nitrogens with one attached hydrogen (secondary N) is 2. The Morgan fingerprint density at radius 1 is 1.12 bits per heavy atom. The first kappa shape index (κ1) is 19.7. The van der Waals surface area contributed by atoms with E-state index in [1.54, 1.807) is 30.3 Å². The van der Waals surface area contributed by atoms with Crippen LogP contribution in [0.2, 0.25) is 5.02 Å². The zero-order valence-electron chi connectivity index (χ0n) is 14.4. The number of methoxy groups -OCH3 is 1. The average molecular weight is 379 g/mol. The van der Waals surface area contributed by atoms with Crippen LogP contribution in [0.4, 0.5) is 10.1 Å². The number of hydrogen-bond acceptors (Lipinski definition) is 4. The molecule has 0 atom stereocenters. The molecule has 0 aromatic heterocycles. The molecule has 0 aliphatic rings. The van der Waals surface area contributed by atoms with Gasteiger partial charge in [0.2, 0.25) is 5.91 Å². The minimum Gasteiger partial charge on any atom is -0.465 e. The zero-order chi connectivity index (χ0) is 18.9. The van der Waals surface area contributed by atoms with E-state index in [1.807, 2.05) is 0 Å². The number of carbonyl (C=O) groups is 2. The van der Waals surface area contributed by atoms with Crippen LogP contribution in [0.25, 0.3) is 0 Å². The minimum atomic E-state index is -0.455. The molecule has 1 amide bonds. The molecule has 0 fully saturated rings. The second-order valence-corrected chi connectivity index (χ2v) is 6.00. The highest BCUT2D eigenvalue weighted by Crippen LogP contribution is 2.23. The van der Waals surface area contributed by atoms with E-state index >= 15 is 0 Å². The van der Waals surface area contributed by atoms with Gasteiger partial charge in [0.25, 0.3) is 0 Å². The molecular weight excluding hydrogens is 359 g/mol. The molecule has 0 spiro atoms. The summed E-state index contributed by atoms with van der Waals surface area (Å²) in [5, 5.41) is 6.29. The van der Waals surface area contributed by atoms with Gasteiger partial charge in [0, 0.05) is 19.5 Å². The Balaban J connectivity index is 1.74. The number of halogens is 2. The molecule has 0 aliphatic carbocycles. The highest BCUT2D eigenvalue weighted by molar-refractivity contribution is 6.33. The van der Waals surface area contributed by atoms with E-state index in [1.165, 1.54) is 19.2 Å². The molecule has 2 rings (SSSR count). The van der Waals surface area contributed by atoms with Gasteiger partial charge in [0.15, 0.2) is 0 Å². The van der Waals surface area contributed by atoms with Crippen LogP contribution in [0.3, 0.4) is 0 Å². The van der Waals surface area contributed by atoms with Crippen molar-refractivity contribution in [2.75, 3.05) is 25.5 Å². The smallest absolute Gasteiger partial charge is 0.337 e. The number of anilines is 1. The predicted octanol–water partition coefficient (Wildman–Crippen LogP) is 3.43. The van der Waals surface area contributed by atoms with Gasteiger partial charge in [0.1, 0.15) is 5.82 Å². The Kier molecular flexibility index (Phi) is 7.41. The molecular formula is C19H20ClFN2O3. The fourth-order valence-electron chi connectivity index (χ4n) is 2.30. The molecule has 5 nitrogen and oxygen atoms in total. The van der Waals surface area contributed by atoms with Gasteiger partial charge in [-0.3, -0.25) is 4.79 Å². The standard InChI is InChI=1S/C19H20ClFN2O3/c1-26-19(25)14-4-7-16(20)17(12-14)22-11-9-18(24)23-10-8-13-2-5-15(21)6-3-13/h2-7,12,22H,8-11H2,1H3,(H,23,24). The van der Waals surface area contributed by atoms with Crippen molar-refractivity contribution in [3.05, 3.63) is 64.4 Å². The molecule has 0 aliphatic heterocycles. The summed E-state index contributed by atoms with van der Waals surface area (Å²) in [4.78, 5) is 23.4. The van der Waals surface area contributed by atoms with Crippen LogP contribution >= 0.6 is 11.6 Å². The first-order chi connectivity index (χ1) is 12.5. The van der Waals surface area contributed by atoms with Crippen LogP contribution in [0.5, 0.6) is 0 Å². The van der Waals surface area contributed by atoms with E-state index in [-0.39, 0.29) is 18.1 Å². The fraction of sp³-hybridized carbons (Fsp3) is 0.263. The summed E-state index contributed by atoms with van der Waals surface area (Å²) in [6.45, 7) is 0.843. The Morgan fingerprint density at radius 3 is 2.54 bits per heavy atom. The van der Waals surface area contributed by atoms with Crippen molar-refractivity contribution in [2.24, 2.45) is 0 Å². The van der Waals surface area contributed by atoms with Crippen molar-refractivity contribution in [3.8, 4) is 0 Å². The third-order valence-corrected chi connectivity index (χ3v) is 4.03. The van der Waals surface area contributed by atoms with Crippen molar-refractivity contribution < 1.29 is 18.7 Å². The minimum absolute atomic E-state index is 0.111. The first-order valence-electron chi connectivity index (χ1n) is 8.12. The molecule has 2 aromatic carbocycles. The zero-order valence-corrected chi connectivity index (χ0v) is 15.1. The maximum absolute atomic E-state index is 12.8. The maximum Gasteiger partial charge on any atom is 0.337 e. The molecule has 0 radical (unpaired) electrons. The van der Waals surface area contributed by atoms with Crippen LogP contribution in [-0.4, -0.2) is 32.1 Å². The SMILES string of the molecule is COC(=O)c1ccc(Cl)c(NCCC(=O)NCCc2ccc(F)cc2)c1. The van der Waals surface area contributed by atoms with Gasteiger partial charge in [0.05, 0.1) is 23.4 Å². The predicted molar refractivity (Wildman–Crippen MR) is 99.0 cm³/mol. The van der Waals surface area contributed by atoms with E-state index in [9.17, 15) is 14.0 Å². The highest BCUT2D eigenvalue weighted by Gasteiger charge is 2.09. The number of benzene rings is 2. The average Bonchev–Trinajstić information content (AvgIpc) is 2.64. The highest BCUT2D eigenvalue weighted by atomic mass is 35.5. The van der Waals surface area contributed by atoms with E-state index in [0.29, 0.717) is 35.8 Å². The molecule has 138 valence electrons. The molecule has 7 heteroatoms. The Labute approximate surface area is 156 Å². The van der Waals surface area contributed by atoms with Crippen molar-refractivity contribution in [1.82, 2.24) is 5.32 Å². The lowest BCUT2D eigenvalue weighted by molar-refractivity contribution is -0.120. The summed E-state index contributed by atoms with van der Waals surface area (Å²) in [7, 11) is 1.31. The number of amides is 1. The normalized spacial score (nSPS) is 10.3. The van der Waals surface area contributed by atoms with Gasteiger partial charge in [-0.25, -0.2) is 9.18 Å². The molecule has 0 saturated heterocycles. The fourth-order valence-corrected chi connectivity index (χ4v) is 2.49. The van der Waals surface area contributed by atoms with Crippen LogP contribution in [0.15, 0.2) is 42.5 Å². The largest absolute Gasteiger partial charge is 0.465 e. The number of hydrogen-bond donors (Lipinski definition) is 2. The second-order valence-electron chi connectivity index (χ2n) is 5.59. The monoisotopic (exact) mass is 378 g/mol. The van der Waals surface area contributed by atoms with Crippen molar-refractivity contribution >= 4 is 29.2 Å². The van der Waals surface area contributed by atoms with E-state index < -0.39 is 5.97 Å². The van der Waals surface area contributed by atoms with Crippen molar-refractivity contribution in [2.45, 2.75) is 12.8 Å². The van der Waals surface area contributed by atoms with Crippen LogP contribution in [-0.2, 0) is 16.0 Å². The van der Waals surface area contributed by atoms with Gasteiger partial charge in [-0.1, -0.05) is 23.7 Å². The molecule has 2 aromatic rings. The van der Waals surface area contributed by atoms with Crippen LogP contribution in [0, 0.1) is 5.82 Å². The molecule has 0 saturated carbocycles. The lowest BCUT2D eigenvalue weighted by atomic mass is 10.1. The molecule has 0 bridgehead atoms. The second kappa shape index (κ2) is 9.77. The van der Waals surface area contributed by atoms with Crippen molar-refractivity contribution in [3.63, 3.8) is 0 Å². The lowest BCUT2D eigenvalue weighted by Gasteiger charge is -2.10. The van der Waals surface area contributed by atoms with Gasteiger partial charge >= 0.3 is 5.97 Å². The first-order valence-corrected chi connectivity index (χ1v) is 8.50. The van der Waals surface area contributed by atoms with Crippen molar-refractivity contribution in [1.29, 1.82) is 0 Å². The van der Waals surface area contributed by atoms with Crippen LogP contribution in [0.1, 0.15) is 22.3 Å². The quantitative estimate of drug-likeness (QED) is 0.691. The number of rotatable bonds is 8. The summed E-state index contributed by atoms with van der Waals surface area (Å²) in [6, 6.07) is 10.9. The van der Waals surface area contributed by atoms with Gasteiger partial charge in [-0.15, -0.1) is 0 Å². The molecule has 26 heavy (non-hydrogen) atoms. The Bertz CT molecular complexity index is 766. The van der Waals surface area contributed by atoms with Gasteiger partial charge in [-0.05, 0) is 42.3 Å². The molecule has 2 N–H and O–H groups in total.